The third-order valence-corrected chi connectivity index (χ3v) is 5.28. The summed E-state index contributed by atoms with van der Waals surface area (Å²) in [7, 11) is 0. The first kappa shape index (κ1) is 18.2. The van der Waals surface area contributed by atoms with Gasteiger partial charge in [-0.1, -0.05) is 24.6 Å². The van der Waals surface area contributed by atoms with Crippen LogP contribution in [0.25, 0.3) is 0 Å². The Bertz CT molecular complexity index is 548. The van der Waals surface area contributed by atoms with E-state index in [4.69, 9.17) is 5.73 Å². The Morgan fingerprint density at radius 3 is 2.57 bits per heavy atom. The fourth-order valence-corrected chi connectivity index (χ4v) is 3.67. The third-order valence-electron chi connectivity index (χ3n) is 5.28. The summed E-state index contributed by atoms with van der Waals surface area (Å²) in [5, 5.41) is 0. The molecule has 2 unspecified atom stereocenters. The molecule has 2 atom stereocenters. The van der Waals surface area contributed by atoms with Crippen LogP contribution in [0.4, 0.5) is 5.69 Å². The highest BCUT2D eigenvalue weighted by Gasteiger charge is 2.41. The van der Waals surface area contributed by atoms with Crippen LogP contribution in [0.1, 0.15) is 31.7 Å². The van der Waals surface area contributed by atoms with Gasteiger partial charge in [0, 0.05) is 18.8 Å². The average molecular weight is 338 g/mol. The molecule has 1 aromatic rings. The maximum Gasteiger partial charge on any atom is 0.244 e. The zero-order chi connectivity index (χ0) is 15.7. The highest BCUT2D eigenvalue weighted by molar-refractivity contribution is 5.98. The molecule has 2 heterocycles. The summed E-state index contributed by atoms with van der Waals surface area (Å²) in [6.07, 6.45) is 3.14. The Labute approximate surface area is 145 Å². The number of carbonyl (C=O) groups is 1. The zero-order valence-corrected chi connectivity index (χ0v) is 14.9. The lowest BCUT2D eigenvalue weighted by Crippen LogP contribution is -2.52. The molecule has 0 aromatic heterocycles. The lowest BCUT2D eigenvalue weighted by atomic mass is 9.90. The van der Waals surface area contributed by atoms with E-state index in [1.165, 1.54) is 5.56 Å². The van der Waals surface area contributed by atoms with Crippen LogP contribution < -0.4 is 10.6 Å². The molecule has 0 spiro atoms. The van der Waals surface area contributed by atoms with Gasteiger partial charge >= 0.3 is 0 Å². The highest BCUT2D eigenvalue weighted by atomic mass is 35.5. The number of rotatable bonds is 3. The van der Waals surface area contributed by atoms with Gasteiger partial charge in [0.15, 0.2) is 0 Å². The number of amides is 1. The van der Waals surface area contributed by atoms with Crippen LogP contribution in [0.3, 0.4) is 0 Å². The van der Waals surface area contributed by atoms with Gasteiger partial charge in [-0.15, -0.1) is 12.4 Å². The van der Waals surface area contributed by atoms with Crippen molar-refractivity contribution in [2.75, 3.05) is 31.1 Å². The lowest BCUT2D eigenvalue weighted by Gasteiger charge is -2.37. The number of hydrogen-bond donors (Lipinski definition) is 1. The van der Waals surface area contributed by atoms with E-state index in [9.17, 15) is 4.79 Å². The number of halogens is 1. The molecule has 3 rings (SSSR count). The highest BCUT2D eigenvalue weighted by Crippen LogP contribution is 2.33. The Kier molecular flexibility index (Phi) is 5.71. The molecule has 1 aromatic carbocycles. The van der Waals surface area contributed by atoms with E-state index in [2.05, 4.69) is 43.0 Å². The smallest absolute Gasteiger partial charge is 0.244 e. The fourth-order valence-electron chi connectivity index (χ4n) is 3.67. The maximum absolute atomic E-state index is 13.0. The quantitative estimate of drug-likeness (QED) is 0.922. The van der Waals surface area contributed by atoms with Crippen molar-refractivity contribution >= 4 is 24.0 Å². The average Bonchev–Trinajstić information content (AvgIpc) is 2.92. The zero-order valence-electron chi connectivity index (χ0n) is 14.1. The third kappa shape index (κ3) is 3.70. The SMILES string of the molecule is Cc1ccc(N2CCCC(N3CCC(C)(CN)C3)C2=O)cc1.Cl. The molecule has 1 amide bonds. The van der Waals surface area contributed by atoms with Crippen LogP contribution in [0.5, 0.6) is 0 Å². The molecular weight excluding hydrogens is 310 g/mol. The summed E-state index contributed by atoms with van der Waals surface area (Å²) in [4.78, 5) is 17.3. The summed E-state index contributed by atoms with van der Waals surface area (Å²) in [5.74, 6) is 0.261. The number of benzene rings is 1. The van der Waals surface area contributed by atoms with Gasteiger partial charge in [-0.3, -0.25) is 9.69 Å². The van der Waals surface area contributed by atoms with E-state index in [1.807, 2.05) is 4.90 Å². The number of piperidine rings is 1. The second kappa shape index (κ2) is 7.20. The molecule has 23 heavy (non-hydrogen) atoms. The molecule has 0 bridgehead atoms. The number of hydrogen-bond acceptors (Lipinski definition) is 3. The monoisotopic (exact) mass is 337 g/mol. The van der Waals surface area contributed by atoms with Gasteiger partial charge in [-0.05, 0) is 56.8 Å². The molecular formula is C18H28ClN3O. The van der Waals surface area contributed by atoms with Crippen molar-refractivity contribution in [3.05, 3.63) is 29.8 Å². The summed E-state index contributed by atoms with van der Waals surface area (Å²) in [6, 6.07) is 8.30. The number of nitrogens with two attached hydrogens (primary N) is 1. The van der Waals surface area contributed by atoms with Gasteiger partial charge in [0.25, 0.3) is 0 Å². The standard InChI is InChI=1S/C18H27N3O.ClH/c1-14-5-7-15(8-6-14)21-10-3-4-16(17(21)22)20-11-9-18(2,12-19)13-20;/h5-8,16H,3-4,9-13,19H2,1-2H3;1H. The van der Waals surface area contributed by atoms with Crippen molar-refractivity contribution in [2.24, 2.45) is 11.1 Å². The van der Waals surface area contributed by atoms with Crippen molar-refractivity contribution < 1.29 is 4.79 Å². The molecule has 0 aliphatic carbocycles. The molecule has 2 fully saturated rings. The maximum atomic E-state index is 13.0. The van der Waals surface area contributed by atoms with Crippen molar-refractivity contribution in [2.45, 2.75) is 39.2 Å². The summed E-state index contributed by atoms with van der Waals surface area (Å²) in [5.41, 5.74) is 8.33. The molecule has 0 radical (unpaired) electrons. The molecule has 4 nitrogen and oxygen atoms in total. The van der Waals surface area contributed by atoms with Gasteiger partial charge in [-0.25, -0.2) is 0 Å². The number of anilines is 1. The van der Waals surface area contributed by atoms with E-state index < -0.39 is 0 Å². The number of nitrogens with zero attached hydrogens (tertiary/aromatic N) is 2. The normalized spacial score (nSPS) is 28.7. The molecule has 5 heteroatoms. The molecule has 128 valence electrons. The van der Waals surface area contributed by atoms with Crippen molar-refractivity contribution in [3.63, 3.8) is 0 Å². The summed E-state index contributed by atoms with van der Waals surface area (Å²) < 4.78 is 0. The van der Waals surface area contributed by atoms with E-state index in [0.717, 1.165) is 44.6 Å². The first-order valence-corrected chi connectivity index (χ1v) is 8.35. The first-order chi connectivity index (χ1) is 10.5. The van der Waals surface area contributed by atoms with E-state index in [0.29, 0.717) is 6.54 Å². The second-order valence-electron chi connectivity index (χ2n) is 7.22. The fraction of sp³-hybridized carbons (Fsp3) is 0.611. The van der Waals surface area contributed by atoms with Crippen LogP contribution in [-0.4, -0.2) is 43.0 Å². The van der Waals surface area contributed by atoms with Crippen molar-refractivity contribution in [1.82, 2.24) is 4.90 Å². The van der Waals surface area contributed by atoms with Crippen LogP contribution in [0.15, 0.2) is 24.3 Å². The Hall–Kier alpha value is -1.10. The molecule has 2 N–H and O–H groups in total. The van der Waals surface area contributed by atoms with Crippen LogP contribution in [-0.2, 0) is 4.79 Å². The summed E-state index contributed by atoms with van der Waals surface area (Å²) in [6.45, 7) is 7.78. The minimum absolute atomic E-state index is 0. The predicted molar refractivity (Wildman–Crippen MR) is 97.2 cm³/mol. The van der Waals surface area contributed by atoms with E-state index >= 15 is 0 Å². The minimum atomic E-state index is 0. The van der Waals surface area contributed by atoms with Crippen molar-refractivity contribution in [1.29, 1.82) is 0 Å². The van der Waals surface area contributed by atoms with Gasteiger partial charge in [0.2, 0.25) is 5.91 Å². The largest absolute Gasteiger partial charge is 0.330 e. The topological polar surface area (TPSA) is 49.6 Å². The van der Waals surface area contributed by atoms with Gasteiger partial charge in [0.05, 0.1) is 6.04 Å². The Morgan fingerprint density at radius 1 is 1.26 bits per heavy atom. The number of likely N-dealkylation sites (tertiary alicyclic amines) is 1. The van der Waals surface area contributed by atoms with Gasteiger partial charge in [0.1, 0.15) is 0 Å². The predicted octanol–water partition coefficient (Wildman–Crippen LogP) is 2.58. The molecule has 0 saturated carbocycles. The molecule has 2 aliphatic heterocycles. The van der Waals surface area contributed by atoms with E-state index in [-0.39, 0.29) is 29.8 Å². The molecule has 2 saturated heterocycles. The first-order valence-electron chi connectivity index (χ1n) is 8.35. The van der Waals surface area contributed by atoms with Crippen LogP contribution in [0.2, 0.25) is 0 Å². The Balaban J connectivity index is 0.00000192. The van der Waals surface area contributed by atoms with Gasteiger partial charge in [-0.2, -0.15) is 0 Å². The van der Waals surface area contributed by atoms with E-state index in [1.54, 1.807) is 0 Å². The number of aryl methyl sites for hydroxylation is 1. The Morgan fingerprint density at radius 2 is 1.96 bits per heavy atom. The minimum Gasteiger partial charge on any atom is -0.330 e. The van der Waals surface area contributed by atoms with Crippen LogP contribution in [0, 0.1) is 12.3 Å². The second-order valence-corrected chi connectivity index (χ2v) is 7.22. The summed E-state index contributed by atoms with van der Waals surface area (Å²) >= 11 is 0. The van der Waals surface area contributed by atoms with Crippen molar-refractivity contribution in [3.8, 4) is 0 Å². The molecule has 2 aliphatic rings. The lowest BCUT2D eigenvalue weighted by molar-refractivity contribution is -0.125. The number of carbonyl (C=O) groups excluding carboxylic acids is 1. The van der Waals surface area contributed by atoms with Gasteiger partial charge < -0.3 is 10.6 Å². The van der Waals surface area contributed by atoms with Crippen LogP contribution >= 0.6 is 12.4 Å².